The molecule has 0 aliphatic rings. The molecule has 0 aliphatic heterocycles. The topological polar surface area (TPSA) is 84.2 Å². The number of primary amides is 1. The minimum Gasteiger partial charge on any atom is -0.387 e. The lowest BCUT2D eigenvalue weighted by molar-refractivity contribution is -0.117. The van der Waals surface area contributed by atoms with Crippen LogP contribution in [0.15, 0.2) is 18.2 Å². The van der Waals surface area contributed by atoms with Crippen LogP contribution < -0.4 is 16.4 Å². The molecule has 17 heavy (non-hydrogen) atoms. The number of nitrogens with two attached hydrogens (primary N) is 1. The van der Waals surface area contributed by atoms with E-state index in [4.69, 9.17) is 5.73 Å². The van der Waals surface area contributed by atoms with E-state index in [1.807, 2.05) is 19.1 Å². The van der Waals surface area contributed by atoms with Gasteiger partial charge >= 0.3 is 0 Å². The number of carbonyl (C=O) groups is 2. The van der Waals surface area contributed by atoms with Crippen molar-refractivity contribution in [1.29, 1.82) is 0 Å². The fourth-order valence-electron chi connectivity index (χ4n) is 1.46. The number of nitrogens with one attached hydrogen (secondary N) is 2. The van der Waals surface area contributed by atoms with Crippen LogP contribution in [0.25, 0.3) is 0 Å². The van der Waals surface area contributed by atoms with Gasteiger partial charge in [0.1, 0.15) is 0 Å². The van der Waals surface area contributed by atoms with Gasteiger partial charge in [-0.15, -0.1) is 0 Å². The molecule has 0 bridgehead atoms. The van der Waals surface area contributed by atoms with E-state index in [0.29, 0.717) is 5.56 Å². The minimum absolute atomic E-state index is 0.145. The zero-order chi connectivity index (χ0) is 12.8. The Morgan fingerprint density at radius 1 is 1.35 bits per heavy atom. The van der Waals surface area contributed by atoms with Gasteiger partial charge in [0.25, 0.3) is 5.91 Å². The van der Waals surface area contributed by atoms with Gasteiger partial charge in [0, 0.05) is 25.7 Å². The first-order valence-electron chi connectivity index (χ1n) is 5.39. The summed E-state index contributed by atoms with van der Waals surface area (Å²) in [5.74, 6) is -0.636. The van der Waals surface area contributed by atoms with Gasteiger partial charge in [0.05, 0.1) is 5.56 Å². The predicted octanol–water partition coefficient (Wildman–Crippen LogP) is 0.642. The van der Waals surface area contributed by atoms with Crippen LogP contribution in [0.2, 0.25) is 0 Å². The van der Waals surface area contributed by atoms with Crippen molar-refractivity contribution in [2.24, 2.45) is 5.73 Å². The number of amides is 2. The van der Waals surface area contributed by atoms with Crippen molar-refractivity contribution in [3.05, 3.63) is 29.3 Å². The van der Waals surface area contributed by atoms with Crippen LogP contribution in [0.4, 0.5) is 5.69 Å². The minimum atomic E-state index is -0.427. The molecule has 0 spiro atoms. The number of hydrogen-bond acceptors (Lipinski definition) is 3. The van der Waals surface area contributed by atoms with Crippen LogP contribution in [-0.4, -0.2) is 25.4 Å². The van der Waals surface area contributed by atoms with Crippen LogP contribution in [-0.2, 0) is 4.79 Å². The van der Waals surface area contributed by atoms with E-state index < -0.39 is 5.91 Å². The van der Waals surface area contributed by atoms with Gasteiger partial charge in [-0.05, 0) is 19.1 Å². The third-order valence-corrected chi connectivity index (χ3v) is 2.35. The van der Waals surface area contributed by atoms with Crippen molar-refractivity contribution >= 4 is 17.5 Å². The van der Waals surface area contributed by atoms with E-state index in [1.165, 1.54) is 0 Å². The first kappa shape index (κ1) is 13.0. The standard InChI is InChI=1S/C12H17N3O2/c1-8-3-4-10(14-2)9(7-8)12(17)15-6-5-11(13)16/h3-4,7,14H,5-6H2,1-2H3,(H2,13,16)(H,15,17). The Hall–Kier alpha value is -2.04. The lowest BCUT2D eigenvalue weighted by Crippen LogP contribution is -2.28. The Labute approximate surface area is 100 Å². The Balaban J connectivity index is 2.73. The highest BCUT2D eigenvalue weighted by Gasteiger charge is 2.10. The van der Waals surface area contributed by atoms with Crippen molar-refractivity contribution in [2.45, 2.75) is 13.3 Å². The maximum atomic E-state index is 11.9. The molecule has 1 aromatic rings. The van der Waals surface area contributed by atoms with Gasteiger partial charge in [0.2, 0.25) is 5.91 Å². The molecule has 5 nitrogen and oxygen atoms in total. The number of rotatable bonds is 5. The first-order valence-corrected chi connectivity index (χ1v) is 5.39. The van der Waals surface area contributed by atoms with Gasteiger partial charge in [-0.2, -0.15) is 0 Å². The number of carbonyl (C=O) groups excluding carboxylic acids is 2. The molecule has 0 fully saturated rings. The molecule has 4 N–H and O–H groups in total. The lowest BCUT2D eigenvalue weighted by Gasteiger charge is -2.10. The summed E-state index contributed by atoms with van der Waals surface area (Å²) in [6.45, 7) is 2.17. The van der Waals surface area contributed by atoms with E-state index in [0.717, 1.165) is 11.3 Å². The monoisotopic (exact) mass is 235 g/mol. The van der Waals surface area contributed by atoms with Gasteiger partial charge in [0.15, 0.2) is 0 Å². The molecule has 5 heteroatoms. The average Bonchev–Trinajstić information content (AvgIpc) is 2.28. The summed E-state index contributed by atoms with van der Waals surface area (Å²) in [6.07, 6.45) is 0.145. The molecule has 1 aromatic carbocycles. The summed E-state index contributed by atoms with van der Waals surface area (Å²) >= 11 is 0. The normalized spacial score (nSPS) is 9.76. The number of hydrogen-bond donors (Lipinski definition) is 3. The van der Waals surface area contributed by atoms with Gasteiger partial charge in [-0.1, -0.05) is 11.6 Å². The second-order valence-electron chi connectivity index (χ2n) is 3.77. The van der Waals surface area contributed by atoms with Crippen LogP contribution in [0.3, 0.4) is 0 Å². The first-order chi connectivity index (χ1) is 8.04. The molecule has 0 heterocycles. The number of aryl methyl sites for hydroxylation is 1. The smallest absolute Gasteiger partial charge is 0.253 e. The molecule has 0 aliphatic carbocycles. The largest absolute Gasteiger partial charge is 0.387 e. The molecule has 0 atom stereocenters. The summed E-state index contributed by atoms with van der Waals surface area (Å²) in [5.41, 5.74) is 7.32. The van der Waals surface area contributed by atoms with E-state index in [1.54, 1.807) is 13.1 Å². The van der Waals surface area contributed by atoms with Crippen molar-refractivity contribution in [1.82, 2.24) is 5.32 Å². The molecule has 0 saturated carbocycles. The van der Waals surface area contributed by atoms with Crippen LogP contribution in [0.1, 0.15) is 22.3 Å². The highest BCUT2D eigenvalue weighted by Crippen LogP contribution is 2.16. The Bertz CT molecular complexity index is 430. The summed E-state index contributed by atoms with van der Waals surface area (Å²) in [5, 5.41) is 5.60. The summed E-state index contributed by atoms with van der Waals surface area (Å²) in [6, 6.07) is 5.57. The van der Waals surface area contributed by atoms with Crippen LogP contribution in [0.5, 0.6) is 0 Å². The Morgan fingerprint density at radius 2 is 2.06 bits per heavy atom. The van der Waals surface area contributed by atoms with E-state index in [9.17, 15) is 9.59 Å². The van der Waals surface area contributed by atoms with Crippen LogP contribution >= 0.6 is 0 Å². The van der Waals surface area contributed by atoms with Crippen molar-refractivity contribution < 1.29 is 9.59 Å². The van der Waals surface area contributed by atoms with E-state index in [2.05, 4.69) is 10.6 Å². The SMILES string of the molecule is CNc1ccc(C)cc1C(=O)NCCC(N)=O. The van der Waals surface area contributed by atoms with Crippen molar-refractivity contribution in [3.63, 3.8) is 0 Å². The summed E-state index contributed by atoms with van der Waals surface area (Å²) < 4.78 is 0. The van der Waals surface area contributed by atoms with Gasteiger partial charge in [-0.25, -0.2) is 0 Å². The molecule has 92 valence electrons. The van der Waals surface area contributed by atoms with Gasteiger partial charge in [-0.3, -0.25) is 9.59 Å². The fourth-order valence-corrected chi connectivity index (χ4v) is 1.46. The zero-order valence-electron chi connectivity index (χ0n) is 10.0. The van der Waals surface area contributed by atoms with Crippen molar-refractivity contribution in [3.8, 4) is 0 Å². The Morgan fingerprint density at radius 3 is 2.65 bits per heavy atom. The van der Waals surface area contributed by atoms with Gasteiger partial charge < -0.3 is 16.4 Å². The molecular weight excluding hydrogens is 218 g/mol. The molecule has 0 aromatic heterocycles. The third-order valence-electron chi connectivity index (χ3n) is 2.35. The maximum Gasteiger partial charge on any atom is 0.253 e. The maximum absolute atomic E-state index is 11.9. The second kappa shape index (κ2) is 5.89. The molecule has 1 rings (SSSR count). The number of benzene rings is 1. The molecule has 2 amide bonds. The van der Waals surface area contributed by atoms with Crippen LogP contribution in [0, 0.1) is 6.92 Å². The summed E-state index contributed by atoms with van der Waals surface area (Å²) in [4.78, 5) is 22.4. The molecule has 0 saturated heterocycles. The highest BCUT2D eigenvalue weighted by atomic mass is 16.2. The predicted molar refractivity (Wildman–Crippen MR) is 66.9 cm³/mol. The Kier molecular flexibility index (Phi) is 4.51. The molecular formula is C12H17N3O2. The molecule has 0 radical (unpaired) electrons. The lowest BCUT2D eigenvalue weighted by atomic mass is 10.1. The summed E-state index contributed by atoms with van der Waals surface area (Å²) in [7, 11) is 1.75. The molecule has 0 unspecified atom stereocenters. The zero-order valence-corrected chi connectivity index (χ0v) is 10.0. The fraction of sp³-hybridized carbons (Fsp3) is 0.333. The third kappa shape index (κ3) is 3.79. The van der Waals surface area contributed by atoms with E-state index in [-0.39, 0.29) is 18.9 Å². The highest BCUT2D eigenvalue weighted by molar-refractivity contribution is 5.99. The quantitative estimate of drug-likeness (QED) is 0.700. The second-order valence-corrected chi connectivity index (χ2v) is 3.77. The van der Waals surface area contributed by atoms with Crippen molar-refractivity contribution in [2.75, 3.05) is 18.9 Å². The number of anilines is 1. The average molecular weight is 235 g/mol. The van der Waals surface area contributed by atoms with E-state index >= 15 is 0 Å².